The maximum Gasteiger partial charge on any atom is 0.269 e. The van der Waals surface area contributed by atoms with Crippen LogP contribution in [0.1, 0.15) is 0 Å². The van der Waals surface area contributed by atoms with Crippen molar-refractivity contribution in [3.8, 4) is 5.75 Å². The first-order chi connectivity index (χ1) is 21.2. The van der Waals surface area contributed by atoms with Crippen molar-refractivity contribution in [1.82, 2.24) is 0 Å². The molecule has 250 valence electrons. The first kappa shape index (κ1) is 39.0. The van der Waals surface area contributed by atoms with Crippen LogP contribution >= 0.6 is 0 Å². The second kappa shape index (κ2) is 31.4. The number of ether oxygens (including phenoxy) is 11. The monoisotopic (exact) mass is 625 g/mol. The van der Waals surface area contributed by atoms with Gasteiger partial charge in [0.2, 0.25) is 0 Å². The lowest BCUT2D eigenvalue weighted by Crippen LogP contribution is -2.15. The molecule has 0 saturated heterocycles. The minimum absolute atomic E-state index is 0.0229. The van der Waals surface area contributed by atoms with E-state index in [2.05, 4.69) is 0 Å². The molecule has 14 nitrogen and oxygen atoms in total. The summed E-state index contributed by atoms with van der Waals surface area (Å²) in [6.07, 6.45) is 0. The zero-order chi connectivity index (χ0) is 30.9. The molecule has 0 saturated carbocycles. The van der Waals surface area contributed by atoms with Gasteiger partial charge in [-0.25, -0.2) is 4.39 Å². The molecule has 0 aliphatic rings. The maximum absolute atomic E-state index is 11.8. The molecular weight excluding hydrogens is 577 g/mol. The van der Waals surface area contributed by atoms with Gasteiger partial charge in [0.05, 0.1) is 137 Å². The van der Waals surface area contributed by atoms with Gasteiger partial charge in [-0.1, -0.05) is 0 Å². The van der Waals surface area contributed by atoms with Gasteiger partial charge in [-0.3, -0.25) is 10.1 Å². The lowest BCUT2D eigenvalue weighted by atomic mass is 10.3. The fourth-order valence-electron chi connectivity index (χ4n) is 3.02. The predicted molar refractivity (Wildman–Crippen MR) is 153 cm³/mol. The van der Waals surface area contributed by atoms with E-state index in [1.165, 1.54) is 12.1 Å². The third-order valence-electron chi connectivity index (χ3n) is 5.11. The molecular formula is C28H48FNO13. The number of nitro benzene ring substituents is 1. The van der Waals surface area contributed by atoms with Crippen LogP contribution in [-0.4, -0.2) is 150 Å². The fraction of sp³-hybridized carbons (Fsp3) is 0.786. The molecule has 43 heavy (non-hydrogen) atoms. The molecule has 0 aromatic heterocycles. The molecule has 1 aromatic carbocycles. The SMILES string of the molecule is O=[N+]([O-])c1ccc(OCCOCCOCCOCCOCCOCCOCCOCCOCCOCCOCCF)cc1. The van der Waals surface area contributed by atoms with E-state index in [0.717, 1.165) is 0 Å². The number of hydrogen-bond donors (Lipinski definition) is 0. The van der Waals surface area contributed by atoms with Gasteiger partial charge in [0, 0.05) is 12.1 Å². The van der Waals surface area contributed by atoms with Crippen LogP contribution in [0.5, 0.6) is 5.75 Å². The highest BCUT2D eigenvalue weighted by atomic mass is 19.1. The van der Waals surface area contributed by atoms with E-state index in [9.17, 15) is 14.5 Å². The van der Waals surface area contributed by atoms with E-state index in [0.29, 0.717) is 138 Å². The minimum atomic E-state index is -0.481. The van der Waals surface area contributed by atoms with E-state index in [-0.39, 0.29) is 12.3 Å². The lowest BCUT2D eigenvalue weighted by molar-refractivity contribution is -0.384. The van der Waals surface area contributed by atoms with Crippen LogP contribution in [0.3, 0.4) is 0 Å². The number of non-ortho nitro benzene ring substituents is 1. The number of nitrogens with zero attached hydrogens (tertiary/aromatic N) is 1. The van der Waals surface area contributed by atoms with E-state index in [1.54, 1.807) is 12.1 Å². The van der Waals surface area contributed by atoms with E-state index in [4.69, 9.17) is 52.1 Å². The third kappa shape index (κ3) is 27.3. The van der Waals surface area contributed by atoms with Gasteiger partial charge >= 0.3 is 0 Å². The van der Waals surface area contributed by atoms with Crippen LogP contribution in [0.25, 0.3) is 0 Å². The van der Waals surface area contributed by atoms with Crippen LogP contribution in [0.4, 0.5) is 10.1 Å². The Morgan fingerprint density at radius 1 is 0.442 bits per heavy atom. The zero-order valence-corrected chi connectivity index (χ0v) is 25.0. The van der Waals surface area contributed by atoms with Crippen LogP contribution in [-0.2, 0) is 47.4 Å². The van der Waals surface area contributed by atoms with E-state index >= 15 is 0 Å². The summed E-state index contributed by atoms with van der Waals surface area (Å²) in [5.74, 6) is 0.553. The second-order valence-corrected chi connectivity index (χ2v) is 8.41. The second-order valence-electron chi connectivity index (χ2n) is 8.41. The van der Waals surface area contributed by atoms with Gasteiger partial charge in [0.25, 0.3) is 5.69 Å². The number of hydrogen-bond acceptors (Lipinski definition) is 13. The summed E-state index contributed by atoms with van der Waals surface area (Å²) in [6.45, 7) is 8.70. The third-order valence-corrected chi connectivity index (χ3v) is 5.11. The summed E-state index contributed by atoms with van der Waals surface area (Å²) >= 11 is 0. The van der Waals surface area contributed by atoms with Gasteiger partial charge in [-0.2, -0.15) is 0 Å². The van der Waals surface area contributed by atoms with Gasteiger partial charge in [0.15, 0.2) is 0 Å². The first-order valence-electron chi connectivity index (χ1n) is 14.4. The van der Waals surface area contributed by atoms with Crippen molar-refractivity contribution in [2.45, 2.75) is 0 Å². The number of benzene rings is 1. The molecule has 0 spiro atoms. The molecule has 1 rings (SSSR count). The van der Waals surface area contributed by atoms with Crippen molar-refractivity contribution < 1.29 is 61.4 Å². The van der Waals surface area contributed by atoms with Gasteiger partial charge in [-0.05, 0) is 12.1 Å². The zero-order valence-electron chi connectivity index (χ0n) is 25.0. The number of alkyl halides is 1. The smallest absolute Gasteiger partial charge is 0.269 e. The van der Waals surface area contributed by atoms with Crippen molar-refractivity contribution in [3.63, 3.8) is 0 Å². The largest absolute Gasteiger partial charge is 0.491 e. The van der Waals surface area contributed by atoms with Crippen molar-refractivity contribution in [3.05, 3.63) is 34.4 Å². The lowest BCUT2D eigenvalue weighted by Gasteiger charge is -2.09. The highest BCUT2D eigenvalue weighted by Crippen LogP contribution is 2.17. The Kier molecular flexibility index (Phi) is 28.4. The average molecular weight is 626 g/mol. The molecule has 0 bridgehead atoms. The maximum atomic E-state index is 11.8. The molecule has 0 atom stereocenters. The standard InChI is InChI=1S/C28H48FNO13/c29-5-6-33-7-8-34-9-10-35-11-12-36-13-14-37-15-16-38-17-18-39-19-20-40-21-22-41-23-24-42-25-26-43-28-3-1-27(2-4-28)30(31)32/h1-4H,5-26H2. The summed E-state index contributed by atoms with van der Waals surface area (Å²) in [5, 5.41) is 10.6. The average Bonchev–Trinajstić information content (AvgIpc) is 3.02. The van der Waals surface area contributed by atoms with Crippen LogP contribution in [0, 0.1) is 10.1 Å². The molecule has 15 heteroatoms. The number of halogens is 1. The Morgan fingerprint density at radius 2 is 0.698 bits per heavy atom. The quantitative estimate of drug-likeness (QED) is 0.0627. The van der Waals surface area contributed by atoms with Crippen molar-refractivity contribution in [1.29, 1.82) is 0 Å². The minimum Gasteiger partial charge on any atom is -0.491 e. The summed E-state index contributed by atoms with van der Waals surface area (Å²) in [7, 11) is 0. The molecule has 0 aliphatic heterocycles. The highest BCUT2D eigenvalue weighted by molar-refractivity contribution is 5.35. The van der Waals surface area contributed by atoms with E-state index < -0.39 is 11.6 Å². The molecule has 0 aliphatic carbocycles. The molecule has 0 heterocycles. The highest BCUT2D eigenvalue weighted by Gasteiger charge is 2.04. The Bertz CT molecular complexity index is 733. The number of rotatable bonds is 34. The van der Waals surface area contributed by atoms with Gasteiger partial charge in [0.1, 0.15) is 19.0 Å². The Morgan fingerprint density at radius 3 is 0.953 bits per heavy atom. The Labute approximate surface area is 253 Å². The van der Waals surface area contributed by atoms with Crippen LogP contribution < -0.4 is 4.74 Å². The van der Waals surface area contributed by atoms with Crippen molar-refractivity contribution in [2.24, 2.45) is 0 Å². The molecule has 1 aromatic rings. The summed E-state index contributed by atoms with van der Waals surface area (Å²) in [5.41, 5.74) is 0.0229. The summed E-state index contributed by atoms with van der Waals surface area (Å²) < 4.78 is 70.9. The topological polar surface area (TPSA) is 145 Å². The van der Waals surface area contributed by atoms with Crippen LogP contribution in [0.15, 0.2) is 24.3 Å². The Hall–Kier alpha value is -2.05. The normalized spacial score (nSPS) is 11.3. The van der Waals surface area contributed by atoms with Crippen LogP contribution in [0.2, 0.25) is 0 Å². The Balaban J connectivity index is 1.66. The molecule has 0 unspecified atom stereocenters. The predicted octanol–water partition coefficient (Wildman–Crippen LogP) is 2.11. The summed E-state index contributed by atoms with van der Waals surface area (Å²) in [4.78, 5) is 10.2. The first-order valence-corrected chi connectivity index (χ1v) is 14.4. The number of nitro groups is 1. The summed E-state index contributed by atoms with van der Waals surface area (Å²) in [6, 6.07) is 5.89. The molecule has 0 fully saturated rings. The van der Waals surface area contributed by atoms with Crippen molar-refractivity contribution in [2.75, 3.05) is 145 Å². The molecule has 0 N–H and O–H groups in total. The van der Waals surface area contributed by atoms with Gasteiger partial charge in [-0.15, -0.1) is 0 Å². The molecule has 0 radical (unpaired) electrons. The molecule has 0 amide bonds. The fourth-order valence-corrected chi connectivity index (χ4v) is 3.02. The van der Waals surface area contributed by atoms with E-state index in [1.807, 2.05) is 0 Å². The van der Waals surface area contributed by atoms with Crippen molar-refractivity contribution >= 4 is 5.69 Å². The van der Waals surface area contributed by atoms with Gasteiger partial charge < -0.3 is 52.1 Å².